The van der Waals surface area contributed by atoms with Gasteiger partial charge in [0.15, 0.2) is 0 Å². The third-order valence-electron chi connectivity index (χ3n) is 7.91. The van der Waals surface area contributed by atoms with E-state index in [1.807, 2.05) is 11.8 Å². The minimum absolute atomic E-state index is 0.225. The summed E-state index contributed by atoms with van der Waals surface area (Å²) in [6.45, 7) is 4.23. The van der Waals surface area contributed by atoms with Crippen LogP contribution in [-0.4, -0.2) is 48.3 Å². The highest BCUT2D eigenvalue weighted by atomic mass is 35.5. The number of esters is 1. The van der Waals surface area contributed by atoms with Crippen LogP contribution in [0.5, 0.6) is 0 Å². The minimum atomic E-state index is -1.31. The zero-order valence-electron chi connectivity index (χ0n) is 18.8. The van der Waals surface area contributed by atoms with E-state index in [1.165, 1.54) is 18.4 Å². The lowest BCUT2D eigenvalue weighted by molar-refractivity contribution is -0.135. The predicted molar refractivity (Wildman–Crippen MR) is 126 cm³/mol. The molecule has 8 nitrogen and oxygen atoms in total. The SMILES string of the molecule is COC(=O)c1c(N2C(=O)[C@@H]3[C@@H]4CCCN4[C@@]4(C(=O)Nc5ccc(Cl)cc54)[C@H]3C2=O)sc(C)c1C. The highest BCUT2D eigenvalue weighted by molar-refractivity contribution is 7.17. The van der Waals surface area contributed by atoms with E-state index in [4.69, 9.17) is 16.3 Å². The van der Waals surface area contributed by atoms with Crippen molar-refractivity contribution < 1.29 is 23.9 Å². The minimum Gasteiger partial charge on any atom is -0.465 e. The molecule has 0 radical (unpaired) electrons. The maximum atomic E-state index is 14.1. The lowest BCUT2D eigenvalue weighted by atomic mass is 9.75. The van der Waals surface area contributed by atoms with Gasteiger partial charge in [-0.25, -0.2) is 9.69 Å². The number of thiophene rings is 1. The van der Waals surface area contributed by atoms with E-state index in [0.29, 0.717) is 34.8 Å². The first kappa shape index (κ1) is 21.8. The summed E-state index contributed by atoms with van der Waals surface area (Å²) in [4.78, 5) is 58.4. The number of carbonyl (C=O) groups is 4. The van der Waals surface area contributed by atoms with Crippen LogP contribution in [-0.2, 0) is 24.7 Å². The quantitative estimate of drug-likeness (QED) is 0.503. The highest BCUT2D eigenvalue weighted by Crippen LogP contribution is 2.61. The first-order valence-corrected chi connectivity index (χ1v) is 12.4. The topological polar surface area (TPSA) is 96.0 Å². The number of rotatable bonds is 2. The number of ether oxygens (including phenoxy) is 1. The summed E-state index contributed by atoms with van der Waals surface area (Å²) in [5.74, 6) is -3.31. The van der Waals surface area contributed by atoms with E-state index in [9.17, 15) is 19.2 Å². The normalized spacial score (nSPS) is 29.6. The molecule has 0 aliphatic carbocycles. The first-order valence-electron chi connectivity index (χ1n) is 11.2. The average Bonchev–Trinajstić information content (AvgIpc) is 3.56. The summed E-state index contributed by atoms with van der Waals surface area (Å²) in [6, 6.07) is 4.92. The van der Waals surface area contributed by atoms with E-state index in [0.717, 1.165) is 16.2 Å². The Morgan fingerprint density at radius 3 is 2.74 bits per heavy atom. The Balaban J connectivity index is 1.56. The molecule has 0 bridgehead atoms. The summed E-state index contributed by atoms with van der Waals surface area (Å²) in [7, 11) is 1.27. The van der Waals surface area contributed by atoms with Crippen LogP contribution >= 0.6 is 22.9 Å². The van der Waals surface area contributed by atoms with Crippen LogP contribution in [0.2, 0.25) is 5.02 Å². The van der Waals surface area contributed by atoms with Crippen molar-refractivity contribution in [1.29, 1.82) is 0 Å². The van der Waals surface area contributed by atoms with Gasteiger partial charge in [-0.3, -0.25) is 19.3 Å². The van der Waals surface area contributed by atoms with Gasteiger partial charge in [0, 0.05) is 27.2 Å². The molecule has 10 heteroatoms. The summed E-state index contributed by atoms with van der Waals surface area (Å²) in [5.41, 5.74) is 0.845. The maximum absolute atomic E-state index is 14.1. The van der Waals surface area contributed by atoms with E-state index < -0.39 is 29.3 Å². The van der Waals surface area contributed by atoms with Gasteiger partial charge in [0.25, 0.3) is 0 Å². The van der Waals surface area contributed by atoms with Gasteiger partial charge in [-0.2, -0.15) is 0 Å². The number of carbonyl (C=O) groups excluding carboxylic acids is 4. The van der Waals surface area contributed by atoms with Crippen molar-refractivity contribution in [3.63, 3.8) is 0 Å². The van der Waals surface area contributed by atoms with Crippen LogP contribution in [0.15, 0.2) is 18.2 Å². The number of aryl methyl sites for hydroxylation is 1. The van der Waals surface area contributed by atoms with Crippen molar-refractivity contribution in [2.24, 2.45) is 11.8 Å². The fraction of sp³-hybridized carbons (Fsp3) is 0.417. The zero-order valence-corrected chi connectivity index (χ0v) is 20.4. The highest BCUT2D eigenvalue weighted by Gasteiger charge is 2.75. The van der Waals surface area contributed by atoms with E-state index >= 15 is 0 Å². The molecular formula is C24H22ClN3O5S. The lowest BCUT2D eigenvalue weighted by Gasteiger charge is -2.36. The van der Waals surface area contributed by atoms with Crippen LogP contribution in [0.4, 0.5) is 10.7 Å². The number of benzene rings is 1. The first-order chi connectivity index (χ1) is 16.2. The Kier molecular flexibility index (Phi) is 4.56. The predicted octanol–water partition coefficient (Wildman–Crippen LogP) is 3.24. The molecule has 176 valence electrons. The van der Waals surface area contributed by atoms with Crippen molar-refractivity contribution in [1.82, 2.24) is 4.90 Å². The van der Waals surface area contributed by atoms with Crippen molar-refractivity contribution >= 4 is 57.3 Å². The van der Waals surface area contributed by atoms with E-state index in [2.05, 4.69) is 5.32 Å². The molecule has 0 unspecified atom stereocenters. The molecule has 1 aromatic heterocycles. The van der Waals surface area contributed by atoms with Gasteiger partial charge in [-0.05, 0) is 57.0 Å². The number of hydrogen-bond donors (Lipinski definition) is 1. The molecular weight excluding hydrogens is 478 g/mol. The number of methoxy groups -OCH3 is 1. The van der Waals surface area contributed by atoms with Gasteiger partial charge >= 0.3 is 5.97 Å². The molecule has 4 aliphatic heterocycles. The second-order valence-corrected chi connectivity index (χ2v) is 10.9. The molecule has 1 N–H and O–H groups in total. The second kappa shape index (κ2) is 7.13. The van der Waals surface area contributed by atoms with Crippen LogP contribution in [0.3, 0.4) is 0 Å². The molecule has 4 aliphatic rings. The molecule has 1 aromatic carbocycles. The molecule has 34 heavy (non-hydrogen) atoms. The fourth-order valence-corrected chi connectivity index (χ4v) is 7.81. The standard InChI is InChI=1S/C24H22ClN3O5S/c1-10-11(2)34-21(16(10)22(31)33-3)28-19(29)17-15-5-4-8-27(15)24(18(17)20(28)30)13-9-12(25)6-7-14(13)26-23(24)32/h6-7,9,15,17-18H,4-5,8H2,1-3H3,(H,26,32)/t15-,17+,18+,24+/m0/s1. The monoisotopic (exact) mass is 499 g/mol. The molecule has 3 amide bonds. The molecule has 1 spiro atoms. The Bertz CT molecular complexity index is 1320. The van der Waals surface area contributed by atoms with Crippen LogP contribution in [0, 0.1) is 25.7 Å². The van der Waals surface area contributed by atoms with Gasteiger partial charge in [-0.1, -0.05) is 11.6 Å². The number of anilines is 2. The molecule has 2 aromatic rings. The van der Waals surface area contributed by atoms with Gasteiger partial charge < -0.3 is 10.1 Å². The maximum Gasteiger partial charge on any atom is 0.341 e. The fourth-order valence-electron chi connectivity index (χ4n) is 6.48. The number of halogens is 1. The number of fused-ring (bicyclic) bond motifs is 7. The van der Waals surface area contributed by atoms with E-state index in [1.54, 1.807) is 25.1 Å². The Hall–Kier alpha value is -2.75. The van der Waals surface area contributed by atoms with Crippen LogP contribution < -0.4 is 10.2 Å². The molecule has 3 saturated heterocycles. The Morgan fingerprint density at radius 2 is 2.00 bits per heavy atom. The van der Waals surface area contributed by atoms with Crippen molar-refractivity contribution in [3.8, 4) is 0 Å². The number of imide groups is 1. The lowest BCUT2D eigenvalue weighted by Crippen LogP contribution is -2.54. The van der Waals surface area contributed by atoms with Gasteiger partial charge in [-0.15, -0.1) is 11.3 Å². The van der Waals surface area contributed by atoms with Crippen molar-refractivity contribution in [2.45, 2.75) is 38.3 Å². The summed E-state index contributed by atoms with van der Waals surface area (Å²) in [6.07, 6.45) is 1.54. The van der Waals surface area contributed by atoms with Gasteiger partial charge in [0.05, 0.1) is 24.5 Å². The smallest absolute Gasteiger partial charge is 0.341 e. The third-order valence-corrected chi connectivity index (χ3v) is 9.34. The number of hydrogen-bond acceptors (Lipinski definition) is 7. The summed E-state index contributed by atoms with van der Waals surface area (Å²) < 4.78 is 4.97. The number of nitrogens with one attached hydrogen (secondary N) is 1. The van der Waals surface area contributed by atoms with Crippen LogP contribution in [0.25, 0.3) is 0 Å². The van der Waals surface area contributed by atoms with Crippen LogP contribution in [0.1, 0.15) is 39.2 Å². The van der Waals surface area contributed by atoms with E-state index in [-0.39, 0.29) is 28.4 Å². The number of nitrogens with zero attached hydrogens (tertiary/aromatic N) is 2. The van der Waals surface area contributed by atoms with Gasteiger partial charge in [0.1, 0.15) is 10.5 Å². The molecule has 5 heterocycles. The molecule has 3 fully saturated rings. The molecule has 6 rings (SSSR count). The van der Waals surface area contributed by atoms with Crippen molar-refractivity contribution in [3.05, 3.63) is 44.8 Å². The number of amides is 3. The third kappa shape index (κ3) is 2.42. The summed E-state index contributed by atoms with van der Waals surface area (Å²) >= 11 is 7.55. The van der Waals surface area contributed by atoms with Gasteiger partial charge in [0.2, 0.25) is 17.7 Å². The second-order valence-electron chi connectivity index (χ2n) is 9.28. The largest absolute Gasteiger partial charge is 0.465 e. The zero-order chi connectivity index (χ0) is 24.1. The Morgan fingerprint density at radius 1 is 1.24 bits per heavy atom. The Labute approximate surface area is 204 Å². The molecule has 4 atom stereocenters. The molecule has 0 saturated carbocycles. The average molecular weight is 500 g/mol. The summed E-state index contributed by atoms with van der Waals surface area (Å²) in [5, 5.41) is 3.66. The van der Waals surface area contributed by atoms with Crippen molar-refractivity contribution in [2.75, 3.05) is 23.9 Å².